The van der Waals surface area contributed by atoms with Crippen LogP contribution in [0.15, 0.2) is 42.1 Å². The number of carbonyl (C=O) groups excluding carboxylic acids is 2. The number of likely N-dealkylation sites (N-methyl/N-ethyl adjacent to an activating group) is 1. The Labute approximate surface area is 183 Å². The van der Waals surface area contributed by atoms with E-state index in [1.165, 1.54) is 4.90 Å². The van der Waals surface area contributed by atoms with Gasteiger partial charge in [-0.25, -0.2) is 0 Å². The lowest BCUT2D eigenvalue weighted by Gasteiger charge is -2.20. The molecule has 31 heavy (non-hydrogen) atoms. The van der Waals surface area contributed by atoms with Gasteiger partial charge in [0.15, 0.2) is 0 Å². The summed E-state index contributed by atoms with van der Waals surface area (Å²) in [7, 11) is 1.72. The van der Waals surface area contributed by atoms with E-state index in [9.17, 15) is 14.7 Å². The third kappa shape index (κ3) is 4.80. The standard InChI is InChI=1S/C25H30N2O4/c1-16-12-17(2)14-21(13-16)31-11-9-27-24(29)22(20-7-6-18(3)19(4)15-20)23(25(27)30)26(5)8-10-28/h6-7,12-15,28H,8-11H2,1-5H3. The molecule has 0 unspecified atom stereocenters. The summed E-state index contributed by atoms with van der Waals surface area (Å²) in [5.41, 5.74) is 5.74. The highest BCUT2D eigenvalue weighted by Crippen LogP contribution is 2.32. The van der Waals surface area contributed by atoms with Gasteiger partial charge in [-0.3, -0.25) is 14.5 Å². The lowest BCUT2D eigenvalue weighted by Crippen LogP contribution is -2.37. The van der Waals surface area contributed by atoms with Crippen molar-refractivity contribution in [1.82, 2.24) is 9.80 Å². The maximum absolute atomic E-state index is 13.3. The highest BCUT2D eigenvalue weighted by molar-refractivity contribution is 6.35. The number of hydrogen-bond acceptors (Lipinski definition) is 5. The first-order valence-electron chi connectivity index (χ1n) is 10.4. The average molecular weight is 423 g/mol. The first kappa shape index (κ1) is 22.6. The van der Waals surface area contributed by atoms with Crippen LogP contribution in [0.25, 0.3) is 5.57 Å². The van der Waals surface area contributed by atoms with Crippen molar-refractivity contribution in [3.05, 3.63) is 69.9 Å². The van der Waals surface area contributed by atoms with Gasteiger partial charge in [0, 0.05) is 13.6 Å². The second-order valence-electron chi connectivity index (χ2n) is 8.10. The molecule has 1 N–H and O–H groups in total. The van der Waals surface area contributed by atoms with Gasteiger partial charge >= 0.3 is 0 Å². The Balaban J connectivity index is 1.85. The van der Waals surface area contributed by atoms with Crippen LogP contribution in [0, 0.1) is 27.7 Å². The maximum atomic E-state index is 13.3. The number of nitrogens with zero attached hydrogens (tertiary/aromatic N) is 2. The quantitative estimate of drug-likeness (QED) is 0.663. The number of benzene rings is 2. The normalized spacial score (nSPS) is 13.9. The van der Waals surface area contributed by atoms with Crippen LogP contribution < -0.4 is 4.74 Å². The summed E-state index contributed by atoms with van der Waals surface area (Å²) >= 11 is 0. The first-order valence-corrected chi connectivity index (χ1v) is 10.4. The summed E-state index contributed by atoms with van der Waals surface area (Å²) in [5.74, 6) is 0.0202. The minimum atomic E-state index is -0.363. The van der Waals surface area contributed by atoms with Crippen LogP contribution in [-0.4, -0.2) is 60.1 Å². The predicted octanol–water partition coefficient (Wildman–Crippen LogP) is 3.00. The molecular formula is C25H30N2O4. The number of rotatable bonds is 8. The first-order chi connectivity index (χ1) is 14.7. The number of hydrogen-bond donors (Lipinski definition) is 1. The summed E-state index contributed by atoms with van der Waals surface area (Å²) in [6.45, 7) is 8.48. The molecule has 0 bridgehead atoms. The molecule has 0 saturated heterocycles. The Morgan fingerprint density at radius 1 is 0.935 bits per heavy atom. The van der Waals surface area contributed by atoms with E-state index < -0.39 is 0 Å². The van der Waals surface area contributed by atoms with E-state index in [4.69, 9.17) is 4.74 Å². The highest BCUT2D eigenvalue weighted by Gasteiger charge is 2.40. The van der Waals surface area contributed by atoms with Crippen LogP contribution in [0.2, 0.25) is 0 Å². The monoisotopic (exact) mass is 422 g/mol. The summed E-state index contributed by atoms with van der Waals surface area (Å²) in [4.78, 5) is 29.4. The van der Waals surface area contributed by atoms with Crippen LogP contribution in [0.4, 0.5) is 0 Å². The smallest absolute Gasteiger partial charge is 0.277 e. The van der Waals surface area contributed by atoms with Gasteiger partial charge in [-0.05, 0) is 67.6 Å². The number of aryl methyl sites for hydroxylation is 4. The molecule has 0 atom stereocenters. The van der Waals surface area contributed by atoms with E-state index >= 15 is 0 Å². The molecule has 0 saturated carbocycles. The molecule has 6 nitrogen and oxygen atoms in total. The molecule has 2 amide bonds. The van der Waals surface area contributed by atoms with Gasteiger partial charge in [0.1, 0.15) is 18.1 Å². The van der Waals surface area contributed by atoms with Crippen molar-refractivity contribution in [3.63, 3.8) is 0 Å². The molecule has 2 aromatic rings. The van der Waals surface area contributed by atoms with E-state index in [2.05, 4.69) is 6.07 Å². The van der Waals surface area contributed by atoms with Crippen molar-refractivity contribution in [1.29, 1.82) is 0 Å². The molecule has 1 aliphatic heterocycles. The second kappa shape index (κ2) is 9.35. The van der Waals surface area contributed by atoms with Gasteiger partial charge in [0.05, 0.1) is 18.7 Å². The van der Waals surface area contributed by atoms with Crippen molar-refractivity contribution >= 4 is 17.4 Å². The lowest BCUT2D eigenvalue weighted by molar-refractivity contribution is -0.137. The zero-order valence-corrected chi connectivity index (χ0v) is 18.9. The van der Waals surface area contributed by atoms with Gasteiger partial charge in [-0.1, -0.05) is 24.3 Å². The van der Waals surface area contributed by atoms with Crippen molar-refractivity contribution < 1.29 is 19.4 Å². The van der Waals surface area contributed by atoms with Crippen molar-refractivity contribution in [3.8, 4) is 5.75 Å². The fourth-order valence-electron chi connectivity index (χ4n) is 3.81. The molecule has 0 spiro atoms. The number of aliphatic hydroxyl groups excluding tert-OH is 1. The van der Waals surface area contributed by atoms with E-state index in [0.717, 1.165) is 28.0 Å². The van der Waals surface area contributed by atoms with Gasteiger partial charge in [-0.15, -0.1) is 0 Å². The number of amides is 2. The van der Waals surface area contributed by atoms with Crippen LogP contribution in [-0.2, 0) is 9.59 Å². The molecule has 0 fully saturated rings. The van der Waals surface area contributed by atoms with Gasteiger partial charge in [0.2, 0.25) is 0 Å². The van der Waals surface area contributed by atoms with Crippen LogP contribution >= 0.6 is 0 Å². The van der Waals surface area contributed by atoms with Crippen LogP contribution in [0.5, 0.6) is 5.75 Å². The SMILES string of the molecule is Cc1cc(C)cc(OCCN2C(=O)C(c3ccc(C)c(C)c3)=C(N(C)CCO)C2=O)c1. The third-order valence-corrected chi connectivity index (χ3v) is 5.54. The minimum absolute atomic E-state index is 0.114. The second-order valence-corrected chi connectivity index (χ2v) is 8.10. The average Bonchev–Trinajstić information content (AvgIpc) is 2.94. The summed E-state index contributed by atoms with van der Waals surface area (Å²) in [5, 5.41) is 9.37. The molecule has 0 aliphatic carbocycles. The summed E-state index contributed by atoms with van der Waals surface area (Å²) in [6.07, 6.45) is 0. The highest BCUT2D eigenvalue weighted by atomic mass is 16.5. The number of aliphatic hydroxyl groups is 1. The molecule has 2 aromatic carbocycles. The topological polar surface area (TPSA) is 70.1 Å². The Kier molecular flexibility index (Phi) is 6.81. The minimum Gasteiger partial charge on any atom is -0.492 e. The number of carbonyl (C=O) groups is 2. The molecule has 164 valence electrons. The molecule has 6 heteroatoms. The van der Waals surface area contributed by atoms with Gasteiger partial charge < -0.3 is 14.7 Å². The lowest BCUT2D eigenvalue weighted by atomic mass is 9.99. The Hall–Kier alpha value is -3.12. The van der Waals surface area contributed by atoms with E-state index in [0.29, 0.717) is 16.8 Å². The molecule has 1 heterocycles. The van der Waals surface area contributed by atoms with Crippen molar-refractivity contribution in [2.75, 3.05) is 33.4 Å². The predicted molar refractivity (Wildman–Crippen MR) is 121 cm³/mol. The molecular weight excluding hydrogens is 392 g/mol. The molecule has 0 radical (unpaired) electrons. The van der Waals surface area contributed by atoms with Crippen molar-refractivity contribution in [2.24, 2.45) is 0 Å². The van der Waals surface area contributed by atoms with Crippen LogP contribution in [0.1, 0.15) is 27.8 Å². The molecule has 1 aliphatic rings. The maximum Gasteiger partial charge on any atom is 0.277 e. The van der Waals surface area contributed by atoms with Crippen molar-refractivity contribution in [2.45, 2.75) is 27.7 Å². The Bertz CT molecular complexity index is 1020. The summed E-state index contributed by atoms with van der Waals surface area (Å²) < 4.78 is 5.83. The largest absolute Gasteiger partial charge is 0.492 e. The van der Waals surface area contributed by atoms with E-state index in [1.807, 2.05) is 58.0 Å². The Morgan fingerprint density at radius 3 is 2.23 bits per heavy atom. The zero-order chi connectivity index (χ0) is 22.7. The van der Waals surface area contributed by atoms with Crippen LogP contribution in [0.3, 0.4) is 0 Å². The summed E-state index contributed by atoms with van der Waals surface area (Å²) in [6, 6.07) is 11.7. The zero-order valence-electron chi connectivity index (χ0n) is 18.9. The Morgan fingerprint density at radius 2 is 1.61 bits per heavy atom. The van der Waals surface area contributed by atoms with E-state index in [1.54, 1.807) is 11.9 Å². The van der Waals surface area contributed by atoms with Gasteiger partial charge in [0.25, 0.3) is 11.8 Å². The number of ether oxygens (including phenoxy) is 1. The van der Waals surface area contributed by atoms with Gasteiger partial charge in [-0.2, -0.15) is 0 Å². The third-order valence-electron chi connectivity index (χ3n) is 5.54. The fraction of sp³-hybridized carbons (Fsp3) is 0.360. The molecule has 3 rings (SSSR count). The van der Waals surface area contributed by atoms with E-state index in [-0.39, 0.29) is 38.1 Å². The fourth-order valence-corrected chi connectivity index (χ4v) is 3.81. The number of imide groups is 1. The molecule has 0 aromatic heterocycles.